The van der Waals surface area contributed by atoms with E-state index < -0.39 is 0 Å². The van der Waals surface area contributed by atoms with Crippen molar-refractivity contribution in [3.05, 3.63) is 165 Å². The zero-order valence-corrected chi connectivity index (χ0v) is 29.8. The minimum absolute atomic E-state index is 0.889. The third-order valence-electron chi connectivity index (χ3n) is 9.14. The van der Waals surface area contributed by atoms with Crippen molar-refractivity contribution in [3.8, 4) is 44.5 Å². The second-order valence-corrected chi connectivity index (χ2v) is 14.1. The number of hydrogen-bond acceptors (Lipinski definition) is 2. The summed E-state index contributed by atoms with van der Waals surface area (Å²) in [6.45, 7) is 0. The predicted molar refractivity (Wildman–Crippen MR) is 216 cm³/mol. The van der Waals surface area contributed by atoms with Crippen molar-refractivity contribution in [1.82, 2.24) is 19.9 Å². The normalized spacial score (nSPS) is 12.0. The topological polar surface area (TPSA) is 57.4 Å². The Morgan fingerprint density at radius 1 is 0.320 bits per heavy atom. The second kappa shape index (κ2) is 12.7. The Balaban J connectivity index is 1.47. The fraction of sp³-hybridized carbons (Fsp3) is 0. The maximum atomic E-state index is 5.36. The molecule has 238 valence electrons. The summed E-state index contributed by atoms with van der Waals surface area (Å²) in [4.78, 5) is 18.3. The molecule has 7 aromatic rings. The van der Waals surface area contributed by atoms with E-state index in [4.69, 9.17) is 9.97 Å². The van der Waals surface area contributed by atoms with Crippen molar-refractivity contribution in [2.45, 2.75) is 0 Å². The first kappa shape index (κ1) is 30.5. The van der Waals surface area contributed by atoms with Crippen LogP contribution in [0.4, 0.5) is 0 Å². The maximum Gasteiger partial charge on any atom is 0.0737 e. The summed E-state index contributed by atoms with van der Waals surface area (Å²) in [5, 5.41) is 0. The molecule has 0 spiro atoms. The molecule has 2 aliphatic rings. The molecule has 0 saturated carbocycles. The summed E-state index contributed by atoms with van der Waals surface area (Å²) < 4.78 is 2.05. The van der Waals surface area contributed by atoms with E-state index in [-0.39, 0.29) is 0 Å². The molecule has 50 heavy (non-hydrogen) atoms. The highest BCUT2D eigenvalue weighted by Crippen LogP contribution is 2.38. The van der Waals surface area contributed by atoms with Crippen molar-refractivity contribution >= 4 is 78.2 Å². The number of fused-ring (bicyclic) bond motifs is 8. The Labute approximate surface area is 306 Å². The van der Waals surface area contributed by atoms with E-state index in [0.717, 1.165) is 98.3 Å². The van der Waals surface area contributed by atoms with Crippen molar-refractivity contribution < 1.29 is 0 Å². The highest BCUT2D eigenvalue weighted by atomic mass is 79.9. The molecule has 4 aromatic carbocycles. The fourth-order valence-corrected chi connectivity index (χ4v) is 7.39. The van der Waals surface area contributed by atoms with Gasteiger partial charge in [0.15, 0.2) is 0 Å². The molecule has 2 N–H and O–H groups in total. The lowest BCUT2D eigenvalue weighted by molar-refractivity contribution is 1.31. The molecule has 0 atom stereocenters. The van der Waals surface area contributed by atoms with Gasteiger partial charge in [0.05, 0.1) is 22.8 Å². The van der Waals surface area contributed by atoms with E-state index in [9.17, 15) is 0 Å². The van der Waals surface area contributed by atoms with Crippen molar-refractivity contribution in [2.75, 3.05) is 0 Å². The van der Waals surface area contributed by atoms with Crippen LogP contribution >= 0.6 is 31.9 Å². The van der Waals surface area contributed by atoms with Gasteiger partial charge in [-0.15, -0.1) is 0 Å². The Morgan fingerprint density at radius 2 is 0.600 bits per heavy atom. The van der Waals surface area contributed by atoms with Crippen LogP contribution in [0, 0.1) is 0 Å². The molecule has 0 saturated heterocycles. The molecular weight excluding hydrogens is 744 g/mol. The quantitative estimate of drug-likeness (QED) is 0.187. The van der Waals surface area contributed by atoms with Crippen LogP contribution in [0.1, 0.15) is 22.8 Å². The van der Waals surface area contributed by atoms with Crippen LogP contribution in [-0.2, 0) is 0 Å². The highest BCUT2D eigenvalue weighted by Gasteiger charge is 2.18. The molecule has 6 heteroatoms. The van der Waals surface area contributed by atoms with Crippen molar-refractivity contribution in [3.63, 3.8) is 0 Å². The number of hydrogen-bond donors (Lipinski definition) is 2. The molecule has 0 radical (unpaired) electrons. The zero-order chi connectivity index (χ0) is 33.6. The largest absolute Gasteiger partial charge is 0.354 e. The van der Waals surface area contributed by atoms with E-state index in [1.165, 1.54) is 0 Å². The Kier molecular flexibility index (Phi) is 7.76. The number of H-pyrrole nitrogens is 2. The minimum Gasteiger partial charge on any atom is -0.354 e. The first-order valence-electron chi connectivity index (χ1n) is 16.4. The monoisotopic (exact) mass is 770 g/mol. The molecule has 4 nitrogen and oxygen atoms in total. The van der Waals surface area contributed by atoms with Crippen LogP contribution in [0.25, 0.3) is 90.9 Å². The fourth-order valence-electron chi connectivity index (χ4n) is 6.86. The number of nitrogens with one attached hydrogen (secondary N) is 2. The molecule has 2 aliphatic heterocycles. The molecule has 0 amide bonds. The summed E-state index contributed by atoms with van der Waals surface area (Å²) in [7, 11) is 0. The van der Waals surface area contributed by atoms with E-state index in [1.807, 2.05) is 12.1 Å². The van der Waals surface area contributed by atoms with E-state index in [0.29, 0.717) is 0 Å². The van der Waals surface area contributed by atoms with Gasteiger partial charge in [-0.3, -0.25) is 0 Å². The molecule has 9 rings (SSSR count). The van der Waals surface area contributed by atoms with Gasteiger partial charge in [0.1, 0.15) is 0 Å². The van der Waals surface area contributed by atoms with Gasteiger partial charge in [0, 0.05) is 53.3 Å². The van der Waals surface area contributed by atoms with Gasteiger partial charge in [-0.25, -0.2) is 9.97 Å². The van der Waals surface area contributed by atoms with Gasteiger partial charge in [0.25, 0.3) is 0 Å². The van der Waals surface area contributed by atoms with Crippen molar-refractivity contribution in [2.24, 2.45) is 0 Å². The summed E-state index contributed by atoms with van der Waals surface area (Å²) in [6.07, 6.45) is 8.52. The number of halogens is 2. The summed E-state index contributed by atoms with van der Waals surface area (Å²) >= 11 is 7.26. The molecule has 0 fully saturated rings. The zero-order valence-electron chi connectivity index (χ0n) is 26.7. The highest BCUT2D eigenvalue weighted by molar-refractivity contribution is 9.10. The lowest BCUT2D eigenvalue weighted by Crippen LogP contribution is -1.89. The SMILES string of the molecule is Brc1ccc(-c2c3nc(c(-c4ccccc4)c4ccc([nH]4)c(-c4ccc(Br)cc4)c4nc(c(-c5ccccc5)c5ccc2[nH]5)C=C4)C=C3)cc1. The number of nitrogens with zero attached hydrogens (tertiary/aromatic N) is 2. The molecular formula is C44H28Br2N4. The second-order valence-electron chi connectivity index (χ2n) is 12.2. The number of benzene rings is 4. The average Bonchev–Trinajstić information content (AvgIpc) is 3.98. The van der Waals surface area contributed by atoms with Gasteiger partial charge < -0.3 is 9.97 Å². The van der Waals surface area contributed by atoms with Gasteiger partial charge in [-0.1, -0.05) is 117 Å². The number of rotatable bonds is 4. The first-order valence-corrected chi connectivity index (χ1v) is 18.0. The van der Waals surface area contributed by atoms with E-state index in [2.05, 4.69) is 187 Å². The van der Waals surface area contributed by atoms with Crippen LogP contribution in [-0.4, -0.2) is 19.9 Å². The summed E-state index contributed by atoms with van der Waals surface area (Å²) in [5.41, 5.74) is 15.9. The molecule has 3 aromatic heterocycles. The Morgan fingerprint density at radius 3 is 0.900 bits per heavy atom. The average molecular weight is 773 g/mol. The van der Waals surface area contributed by atoms with Crippen molar-refractivity contribution in [1.29, 1.82) is 0 Å². The van der Waals surface area contributed by atoms with Gasteiger partial charge in [-0.05, 0) is 95.1 Å². The smallest absolute Gasteiger partial charge is 0.0737 e. The Hall–Kier alpha value is -5.56. The standard InChI is InChI=1S/C44H28Br2N4/c45-31-15-11-29(12-16-31)43-37-23-19-33(47-37)41(27-7-3-1-4-8-27)34-20-24-38(48-34)44(30-13-17-32(46)18-14-30)40-26-22-36(50-40)42(28-9-5-2-6-10-28)35-21-25-39(43)49-35/h1-26,47,50H. The third-order valence-corrected chi connectivity index (χ3v) is 10.2. The summed E-state index contributed by atoms with van der Waals surface area (Å²) in [5.74, 6) is 0. The predicted octanol–water partition coefficient (Wildman–Crippen LogP) is 12.8. The van der Waals surface area contributed by atoms with Gasteiger partial charge >= 0.3 is 0 Å². The summed E-state index contributed by atoms with van der Waals surface area (Å²) in [6, 6.07) is 46.4. The van der Waals surface area contributed by atoms with Crippen LogP contribution < -0.4 is 0 Å². The van der Waals surface area contributed by atoms with E-state index >= 15 is 0 Å². The molecule has 5 heterocycles. The number of aromatic amines is 2. The number of aromatic nitrogens is 4. The van der Waals surface area contributed by atoms with Crippen LogP contribution in [0.5, 0.6) is 0 Å². The van der Waals surface area contributed by atoms with Crippen LogP contribution in [0.3, 0.4) is 0 Å². The molecule has 8 bridgehead atoms. The minimum atomic E-state index is 0.889. The van der Waals surface area contributed by atoms with E-state index in [1.54, 1.807) is 0 Å². The molecule has 0 aliphatic carbocycles. The lowest BCUT2D eigenvalue weighted by atomic mass is 10.0. The third kappa shape index (κ3) is 5.56. The maximum absolute atomic E-state index is 5.36. The van der Waals surface area contributed by atoms with Gasteiger partial charge in [-0.2, -0.15) is 0 Å². The van der Waals surface area contributed by atoms with Gasteiger partial charge in [0.2, 0.25) is 0 Å². The first-order chi connectivity index (χ1) is 24.6. The lowest BCUT2D eigenvalue weighted by Gasteiger charge is -2.07. The molecule has 0 unspecified atom stereocenters. The van der Waals surface area contributed by atoms with Crippen LogP contribution in [0.2, 0.25) is 0 Å². The Bertz CT molecular complexity index is 2450. The van der Waals surface area contributed by atoms with Crippen LogP contribution in [0.15, 0.2) is 142 Å².